The second kappa shape index (κ2) is 4.90. The second-order valence-corrected chi connectivity index (χ2v) is 6.91. The van der Waals surface area contributed by atoms with Gasteiger partial charge in [-0.2, -0.15) is 11.8 Å². The molecule has 0 amide bonds. The quantitative estimate of drug-likeness (QED) is 0.714. The Labute approximate surface area is 97.4 Å². The summed E-state index contributed by atoms with van der Waals surface area (Å²) >= 11 is 2.12. The number of carbonyl (C=O) groups excluding carboxylic acids is 1. The van der Waals surface area contributed by atoms with Crippen LogP contribution in [0.4, 0.5) is 0 Å². The highest BCUT2D eigenvalue weighted by Gasteiger charge is 2.33. The van der Waals surface area contributed by atoms with Crippen LogP contribution in [0, 0.1) is 11.8 Å². The lowest BCUT2D eigenvalue weighted by Crippen LogP contribution is -2.21. The van der Waals surface area contributed by atoms with Crippen LogP contribution in [0.15, 0.2) is 0 Å². The molecule has 0 heterocycles. The molecule has 2 fully saturated rings. The van der Waals surface area contributed by atoms with Crippen molar-refractivity contribution in [1.82, 2.24) is 0 Å². The molecule has 0 saturated heterocycles. The fourth-order valence-corrected chi connectivity index (χ4v) is 4.78. The maximum absolute atomic E-state index is 11.5. The monoisotopic (exact) mass is 226 g/mol. The van der Waals surface area contributed by atoms with Crippen molar-refractivity contribution in [3.8, 4) is 0 Å². The first-order valence-corrected chi connectivity index (χ1v) is 7.29. The minimum atomic E-state index is 0.326. The summed E-state index contributed by atoms with van der Waals surface area (Å²) in [5.74, 6) is 1.73. The Hall–Kier alpha value is 0.0200. The number of thioether (sulfide) groups is 1. The summed E-state index contributed by atoms with van der Waals surface area (Å²) < 4.78 is 0. The molecule has 4 atom stereocenters. The van der Waals surface area contributed by atoms with Gasteiger partial charge in [0.15, 0.2) is 0 Å². The highest BCUT2D eigenvalue weighted by molar-refractivity contribution is 8.00. The molecule has 0 aromatic heterocycles. The molecule has 0 radical (unpaired) electrons. The van der Waals surface area contributed by atoms with Crippen LogP contribution in [-0.4, -0.2) is 16.3 Å². The first kappa shape index (κ1) is 11.5. The summed E-state index contributed by atoms with van der Waals surface area (Å²) in [6, 6.07) is 0. The Morgan fingerprint density at radius 2 is 2.00 bits per heavy atom. The Morgan fingerprint density at radius 3 is 2.60 bits per heavy atom. The van der Waals surface area contributed by atoms with Crippen LogP contribution in [0.25, 0.3) is 0 Å². The third-order valence-corrected chi connectivity index (χ3v) is 5.80. The van der Waals surface area contributed by atoms with Crippen LogP contribution in [0.2, 0.25) is 0 Å². The van der Waals surface area contributed by atoms with Crippen LogP contribution in [0.5, 0.6) is 0 Å². The number of rotatable bonds is 2. The van der Waals surface area contributed by atoms with Gasteiger partial charge in [-0.1, -0.05) is 26.7 Å². The summed E-state index contributed by atoms with van der Waals surface area (Å²) in [6.45, 7) is 4.50. The van der Waals surface area contributed by atoms with Crippen LogP contribution in [-0.2, 0) is 4.79 Å². The molecular formula is C13H22OS. The van der Waals surface area contributed by atoms with E-state index in [1.807, 2.05) is 0 Å². The van der Waals surface area contributed by atoms with E-state index in [4.69, 9.17) is 0 Å². The molecule has 0 N–H and O–H groups in total. The first-order chi connectivity index (χ1) is 7.16. The maximum Gasteiger partial charge on any atom is 0.136 e. The number of carbonyl (C=O) groups is 1. The number of hydrogen-bond donors (Lipinski definition) is 0. The van der Waals surface area contributed by atoms with Gasteiger partial charge in [-0.25, -0.2) is 0 Å². The van der Waals surface area contributed by atoms with E-state index in [1.165, 1.54) is 25.7 Å². The average Bonchev–Trinajstić information content (AvgIpc) is 2.50. The molecule has 2 saturated carbocycles. The molecule has 2 aliphatic carbocycles. The zero-order valence-corrected chi connectivity index (χ0v) is 10.7. The van der Waals surface area contributed by atoms with Crippen molar-refractivity contribution < 1.29 is 4.79 Å². The van der Waals surface area contributed by atoms with Crippen LogP contribution < -0.4 is 0 Å². The van der Waals surface area contributed by atoms with E-state index >= 15 is 0 Å². The van der Waals surface area contributed by atoms with Crippen LogP contribution in [0.1, 0.15) is 52.4 Å². The molecule has 2 aliphatic rings. The molecule has 0 bridgehead atoms. The fraction of sp³-hybridized carbons (Fsp3) is 0.923. The standard InChI is InChI=1S/C13H22OS/c1-9-4-3-5-11(8-9)15-13-7-6-12(14)10(13)2/h9-11,13H,3-8H2,1-2H3. The van der Waals surface area contributed by atoms with E-state index in [-0.39, 0.29) is 0 Å². The third kappa shape index (κ3) is 2.77. The van der Waals surface area contributed by atoms with Crippen molar-refractivity contribution in [2.24, 2.45) is 11.8 Å². The van der Waals surface area contributed by atoms with E-state index in [9.17, 15) is 4.79 Å². The predicted molar refractivity (Wildman–Crippen MR) is 66.2 cm³/mol. The summed E-state index contributed by atoms with van der Waals surface area (Å²) in [5, 5.41) is 1.47. The van der Waals surface area contributed by atoms with Crippen molar-refractivity contribution in [3.05, 3.63) is 0 Å². The van der Waals surface area contributed by atoms with Gasteiger partial charge in [-0.3, -0.25) is 4.79 Å². The summed E-state index contributed by atoms with van der Waals surface area (Å²) in [7, 11) is 0. The highest BCUT2D eigenvalue weighted by Crippen LogP contribution is 2.40. The fourth-order valence-electron chi connectivity index (χ4n) is 2.90. The van der Waals surface area contributed by atoms with Gasteiger partial charge in [0.25, 0.3) is 0 Å². The van der Waals surface area contributed by atoms with Gasteiger partial charge in [0.05, 0.1) is 0 Å². The van der Waals surface area contributed by atoms with E-state index < -0.39 is 0 Å². The van der Waals surface area contributed by atoms with Crippen molar-refractivity contribution in [1.29, 1.82) is 0 Å². The lowest BCUT2D eigenvalue weighted by atomic mass is 9.90. The van der Waals surface area contributed by atoms with E-state index in [2.05, 4.69) is 25.6 Å². The second-order valence-electron chi connectivity index (χ2n) is 5.36. The summed E-state index contributed by atoms with van der Waals surface area (Å²) in [6.07, 6.45) is 7.54. The molecule has 15 heavy (non-hydrogen) atoms. The molecule has 2 heteroatoms. The van der Waals surface area contributed by atoms with Crippen LogP contribution in [0.3, 0.4) is 0 Å². The number of ketones is 1. The van der Waals surface area contributed by atoms with Crippen molar-refractivity contribution in [3.63, 3.8) is 0 Å². The molecule has 0 aliphatic heterocycles. The van der Waals surface area contributed by atoms with E-state index in [0.717, 1.165) is 24.0 Å². The summed E-state index contributed by atoms with van der Waals surface area (Å²) in [5.41, 5.74) is 0. The Morgan fingerprint density at radius 1 is 1.20 bits per heavy atom. The summed E-state index contributed by atoms with van der Waals surface area (Å²) in [4.78, 5) is 11.5. The normalized spacial score (nSPS) is 42.1. The molecule has 0 spiro atoms. The topological polar surface area (TPSA) is 17.1 Å². The van der Waals surface area contributed by atoms with Crippen molar-refractivity contribution >= 4 is 17.5 Å². The third-order valence-electron chi connectivity index (χ3n) is 4.00. The minimum Gasteiger partial charge on any atom is -0.299 e. The Kier molecular flexibility index (Phi) is 3.76. The molecular weight excluding hydrogens is 204 g/mol. The minimum absolute atomic E-state index is 0.326. The van der Waals surface area contributed by atoms with Gasteiger partial charge in [0, 0.05) is 22.8 Å². The van der Waals surface area contributed by atoms with Gasteiger partial charge in [-0.15, -0.1) is 0 Å². The van der Waals surface area contributed by atoms with Crippen molar-refractivity contribution in [2.45, 2.75) is 62.9 Å². The highest BCUT2D eigenvalue weighted by atomic mass is 32.2. The average molecular weight is 226 g/mol. The largest absolute Gasteiger partial charge is 0.299 e. The predicted octanol–water partition coefficient (Wildman–Crippen LogP) is 3.67. The molecule has 0 aromatic carbocycles. The maximum atomic E-state index is 11.5. The van der Waals surface area contributed by atoms with Gasteiger partial charge >= 0.3 is 0 Å². The molecule has 1 nitrogen and oxygen atoms in total. The number of hydrogen-bond acceptors (Lipinski definition) is 2. The molecule has 86 valence electrons. The SMILES string of the molecule is CC1CCCC(SC2CCC(=O)C2C)C1. The lowest BCUT2D eigenvalue weighted by Gasteiger charge is -2.29. The smallest absolute Gasteiger partial charge is 0.136 e. The molecule has 0 aromatic rings. The van der Waals surface area contributed by atoms with E-state index in [1.54, 1.807) is 0 Å². The lowest BCUT2D eigenvalue weighted by molar-refractivity contribution is -0.120. The van der Waals surface area contributed by atoms with E-state index in [0.29, 0.717) is 17.0 Å². The van der Waals surface area contributed by atoms with Gasteiger partial charge in [0.2, 0.25) is 0 Å². The van der Waals surface area contributed by atoms with Gasteiger partial charge < -0.3 is 0 Å². The zero-order chi connectivity index (χ0) is 10.8. The zero-order valence-electron chi connectivity index (χ0n) is 9.87. The Bertz CT molecular complexity index is 239. The molecule has 4 unspecified atom stereocenters. The Balaban J connectivity index is 1.83. The number of Topliss-reactive ketones (excluding diaryl/α,β-unsaturated/α-hetero) is 1. The van der Waals surface area contributed by atoms with Gasteiger partial charge in [-0.05, 0) is 25.2 Å². The van der Waals surface area contributed by atoms with Gasteiger partial charge in [0.1, 0.15) is 5.78 Å². The van der Waals surface area contributed by atoms with Crippen molar-refractivity contribution in [2.75, 3.05) is 0 Å². The van der Waals surface area contributed by atoms with Crippen LogP contribution >= 0.6 is 11.8 Å². The first-order valence-electron chi connectivity index (χ1n) is 6.35. The molecule has 2 rings (SSSR count).